The maximum absolute atomic E-state index is 12.1. The lowest BCUT2D eigenvalue weighted by Gasteiger charge is -2.33. The van der Waals surface area contributed by atoms with Crippen molar-refractivity contribution in [1.29, 1.82) is 0 Å². The zero-order chi connectivity index (χ0) is 17.4. The summed E-state index contributed by atoms with van der Waals surface area (Å²) in [5, 5.41) is 6.23. The minimum absolute atomic E-state index is 0. The Kier molecular flexibility index (Phi) is 11.7. The molecule has 0 unspecified atom stereocenters. The predicted octanol–water partition coefficient (Wildman–Crippen LogP) is 3.22. The van der Waals surface area contributed by atoms with Crippen molar-refractivity contribution in [3.05, 3.63) is 0 Å². The highest BCUT2D eigenvalue weighted by molar-refractivity contribution is 14.0. The number of amides is 1. The lowest BCUT2D eigenvalue weighted by Crippen LogP contribution is -2.52. The van der Waals surface area contributed by atoms with Crippen LogP contribution in [0.25, 0.3) is 0 Å². The molecule has 0 rings (SSSR count). The van der Waals surface area contributed by atoms with Crippen molar-refractivity contribution in [2.45, 2.75) is 65.5 Å². The van der Waals surface area contributed by atoms with Gasteiger partial charge in [-0.3, -0.25) is 4.99 Å². The van der Waals surface area contributed by atoms with Crippen LogP contribution in [0.5, 0.6) is 0 Å². The standard InChI is InChI=1S/C16H34N4O2.HI/c1-9-16(10-2,19-14(21)22-15(4,5)6)12-18-13(17-11-3)20(7)8;/h9-12H2,1-8H3,(H,17,18)(H,19,21);1H. The lowest BCUT2D eigenvalue weighted by atomic mass is 9.93. The van der Waals surface area contributed by atoms with Crippen molar-refractivity contribution in [2.75, 3.05) is 27.2 Å². The van der Waals surface area contributed by atoms with Gasteiger partial charge in [-0.2, -0.15) is 0 Å². The van der Waals surface area contributed by atoms with Crippen molar-refractivity contribution in [3.63, 3.8) is 0 Å². The van der Waals surface area contributed by atoms with E-state index in [9.17, 15) is 4.79 Å². The molecule has 23 heavy (non-hydrogen) atoms. The Bertz CT molecular complexity index is 375. The van der Waals surface area contributed by atoms with Gasteiger partial charge in [-0.1, -0.05) is 13.8 Å². The Morgan fingerprint density at radius 1 is 1.13 bits per heavy atom. The van der Waals surface area contributed by atoms with Crippen molar-refractivity contribution in [2.24, 2.45) is 4.99 Å². The quantitative estimate of drug-likeness (QED) is 0.377. The first-order valence-corrected chi connectivity index (χ1v) is 8.06. The van der Waals surface area contributed by atoms with Crippen molar-refractivity contribution in [3.8, 4) is 0 Å². The summed E-state index contributed by atoms with van der Waals surface area (Å²) in [7, 11) is 3.89. The van der Waals surface area contributed by atoms with Crippen LogP contribution in [0.4, 0.5) is 4.79 Å². The molecule has 0 atom stereocenters. The van der Waals surface area contributed by atoms with Gasteiger partial charge in [0.15, 0.2) is 5.96 Å². The molecular formula is C16H35IN4O2. The first-order chi connectivity index (χ1) is 10.1. The molecule has 0 aromatic heterocycles. The number of hydrogen-bond donors (Lipinski definition) is 2. The van der Waals surface area contributed by atoms with E-state index in [1.165, 1.54) is 0 Å². The Morgan fingerprint density at radius 2 is 1.65 bits per heavy atom. The molecule has 0 spiro atoms. The first kappa shape index (κ1) is 24.5. The van der Waals surface area contributed by atoms with Gasteiger partial charge in [-0.05, 0) is 40.5 Å². The largest absolute Gasteiger partial charge is 0.444 e. The summed E-state index contributed by atoms with van der Waals surface area (Å²) in [6.45, 7) is 13.0. The second-order valence-corrected chi connectivity index (χ2v) is 6.68. The molecule has 0 aromatic rings. The van der Waals surface area contributed by atoms with E-state index in [-0.39, 0.29) is 35.6 Å². The summed E-state index contributed by atoms with van der Waals surface area (Å²) >= 11 is 0. The van der Waals surface area contributed by atoms with Gasteiger partial charge in [-0.25, -0.2) is 4.79 Å². The number of nitrogens with one attached hydrogen (secondary N) is 2. The van der Waals surface area contributed by atoms with Crippen LogP contribution < -0.4 is 10.6 Å². The number of aliphatic imine (C=N–C) groups is 1. The number of halogens is 1. The molecule has 6 nitrogen and oxygen atoms in total. The van der Waals surface area contributed by atoms with Gasteiger partial charge >= 0.3 is 6.09 Å². The van der Waals surface area contributed by atoms with Gasteiger partial charge in [0, 0.05) is 20.6 Å². The summed E-state index contributed by atoms with van der Waals surface area (Å²) in [6, 6.07) is 0. The fourth-order valence-electron chi connectivity index (χ4n) is 1.95. The normalized spacial score (nSPS) is 12.3. The molecule has 0 radical (unpaired) electrons. The lowest BCUT2D eigenvalue weighted by molar-refractivity contribution is 0.0452. The summed E-state index contributed by atoms with van der Waals surface area (Å²) in [5.41, 5.74) is -0.891. The van der Waals surface area contributed by atoms with E-state index in [4.69, 9.17) is 4.74 Å². The van der Waals surface area contributed by atoms with Crippen LogP contribution in [0.3, 0.4) is 0 Å². The third-order valence-corrected chi connectivity index (χ3v) is 3.41. The number of hydrogen-bond acceptors (Lipinski definition) is 3. The highest BCUT2D eigenvalue weighted by Gasteiger charge is 2.30. The molecular weight excluding hydrogens is 407 g/mol. The van der Waals surface area contributed by atoms with Gasteiger partial charge < -0.3 is 20.3 Å². The second-order valence-electron chi connectivity index (χ2n) is 6.68. The molecule has 0 aromatic carbocycles. The van der Waals surface area contributed by atoms with E-state index in [0.29, 0.717) is 6.54 Å². The summed E-state index contributed by atoms with van der Waals surface area (Å²) in [5.74, 6) is 0.819. The Morgan fingerprint density at radius 3 is 2.00 bits per heavy atom. The second kappa shape index (κ2) is 10.9. The number of alkyl carbamates (subject to hydrolysis) is 1. The molecule has 0 fully saturated rings. The molecule has 7 heteroatoms. The number of carbonyl (C=O) groups excluding carboxylic acids is 1. The van der Waals surface area contributed by atoms with Gasteiger partial charge in [-0.15, -0.1) is 24.0 Å². The zero-order valence-corrected chi connectivity index (χ0v) is 18.3. The van der Waals surface area contributed by atoms with Crippen LogP contribution in [0.1, 0.15) is 54.4 Å². The molecule has 0 aliphatic heterocycles. The summed E-state index contributed by atoms with van der Waals surface area (Å²) in [6.07, 6.45) is 1.19. The van der Waals surface area contributed by atoms with Gasteiger partial charge in [0.25, 0.3) is 0 Å². The minimum atomic E-state index is -0.501. The average Bonchev–Trinajstić information content (AvgIpc) is 2.39. The third-order valence-electron chi connectivity index (χ3n) is 3.41. The molecule has 0 heterocycles. The minimum Gasteiger partial charge on any atom is -0.444 e. The fraction of sp³-hybridized carbons (Fsp3) is 0.875. The number of carbonyl (C=O) groups is 1. The van der Waals surface area contributed by atoms with Crippen molar-refractivity contribution < 1.29 is 9.53 Å². The molecule has 2 N–H and O–H groups in total. The van der Waals surface area contributed by atoms with E-state index in [1.54, 1.807) is 0 Å². The third kappa shape index (κ3) is 9.88. The topological polar surface area (TPSA) is 66.0 Å². The highest BCUT2D eigenvalue weighted by atomic mass is 127. The molecule has 0 aliphatic carbocycles. The van der Waals surface area contributed by atoms with Crippen LogP contribution in [-0.4, -0.2) is 55.3 Å². The maximum atomic E-state index is 12.1. The molecule has 0 saturated heterocycles. The van der Waals surface area contributed by atoms with E-state index in [1.807, 2.05) is 46.7 Å². The first-order valence-electron chi connectivity index (χ1n) is 8.06. The maximum Gasteiger partial charge on any atom is 0.408 e. The van der Waals surface area contributed by atoms with E-state index in [0.717, 1.165) is 25.3 Å². The van der Waals surface area contributed by atoms with Crippen LogP contribution in [0.2, 0.25) is 0 Å². The number of rotatable bonds is 6. The Balaban J connectivity index is 0. The summed E-state index contributed by atoms with van der Waals surface area (Å²) < 4.78 is 5.37. The SMILES string of the molecule is CCNC(=NCC(CC)(CC)NC(=O)OC(C)(C)C)N(C)C.I. The van der Waals surface area contributed by atoms with Gasteiger partial charge in [0.05, 0.1) is 12.1 Å². The number of ether oxygens (including phenoxy) is 1. The van der Waals surface area contributed by atoms with E-state index < -0.39 is 5.60 Å². The van der Waals surface area contributed by atoms with E-state index >= 15 is 0 Å². The monoisotopic (exact) mass is 442 g/mol. The molecule has 0 aliphatic rings. The smallest absolute Gasteiger partial charge is 0.408 e. The summed E-state index contributed by atoms with van der Waals surface area (Å²) in [4.78, 5) is 18.7. The molecule has 1 amide bonds. The number of guanidine groups is 1. The van der Waals surface area contributed by atoms with Gasteiger partial charge in [0.2, 0.25) is 0 Å². The van der Waals surface area contributed by atoms with Crippen LogP contribution in [0.15, 0.2) is 4.99 Å². The molecule has 0 saturated carbocycles. The van der Waals surface area contributed by atoms with Crippen LogP contribution in [-0.2, 0) is 4.74 Å². The molecule has 138 valence electrons. The zero-order valence-electron chi connectivity index (χ0n) is 15.9. The molecule has 0 bridgehead atoms. The number of nitrogens with zero attached hydrogens (tertiary/aromatic N) is 2. The van der Waals surface area contributed by atoms with E-state index in [2.05, 4.69) is 29.5 Å². The fourth-order valence-corrected chi connectivity index (χ4v) is 1.95. The highest BCUT2D eigenvalue weighted by Crippen LogP contribution is 2.17. The van der Waals surface area contributed by atoms with Gasteiger partial charge in [0.1, 0.15) is 5.60 Å². The average molecular weight is 442 g/mol. The van der Waals surface area contributed by atoms with Crippen LogP contribution >= 0.6 is 24.0 Å². The Hall–Kier alpha value is -0.730. The van der Waals surface area contributed by atoms with Crippen molar-refractivity contribution in [1.82, 2.24) is 15.5 Å². The Labute approximate surface area is 158 Å². The van der Waals surface area contributed by atoms with Crippen molar-refractivity contribution >= 4 is 36.0 Å². The predicted molar refractivity (Wildman–Crippen MR) is 108 cm³/mol. The van der Waals surface area contributed by atoms with Crippen LogP contribution in [0, 0.1) is 0 Å².